The van der Waals surface area contributed by atoms with Gasteiger partial charge in [0.15, 0.2) is 11.4 Å². The van der Waals surface area contributed by atoms with Crippen LogP contribution in [0, 0.1) is 0 Å². The normalized spacial score (nSPS) is 11.0. The smallest absolute Gasteiger partial charge is 0.356 e. The molecule has 4 aromatic rings. The highest BCUT2D eigenvalue weighted by molar-refractivity contribution is 6.31. The van der Waals surface area contributed by atoms with Crippen LogP contribution in [0.1, 0.15) is 21.6 Å². The summed E-state index contributed by atoms with van der Waals surface area (Å²) >= 11 is 12.2. The second-order valence-electron chi connectivity index (χ2n) is 6.63. The Kier molecular flexibility index (Phi) is 5.47. The summed E-state index contributed by atoms with van der Waals surface area (Å²) in [5.74, 6) is -0.748. The molecule has 3 aromatic carbocycles. The number of halogens is 2. The number of hydrogen-bond acceptors (Lipinski definition) is 2. The van der Waals surface area contributed by atoms with E-state index in [-0.39, 0.29) is 12.3 Å². The van der Waals surface area contributed by atoms with Crippen LogP contribution in [0.25, 0.3) is 10.9 Å². The summed E-state index contributed by atoms with van der Waals surface area (Å²) in [7, 11) is 0. The Hall–Kier alpha value is -2.95. The van der Waals surface area contributed by atoms with E-state index in [0.29, 0.717) is 27.7 Å². The van der Waals surface area contributed by atoms with Crippen molar-refractivity contribution in [2.75, 3.05) is 0 Å². The van der Waals surface area contributed by atoms with Crippen molar-refractivity contribution in [3.8, 4) is 5.75 Å². The number of aromatic carboxylic acids is 1. The van der Waals surface area contributed by atoms with Gasteiger partial charge in [-0.05, 0) is 41.5 Å². The van der Waals surface area contributed by atoms with Crippen LogP contribution in [0.3, 0.4) is 0 Å². The number of carboxylic acids is 1. The van der Waals surface area contributed by atoms with Gasteiger partial charge in [0.05, 0.1) is 5.52 Å². The Morgan fingerprint density at radius 1 is 0.897 bits per heavy atom. The van der Waals surface area contributed by atoms with Gasteiger partial charge < -0.3 is 14.4 Å². The van der Waals surface area contributed by atoms with E-state index in [1.54, 1.807) is 28.8 Å². The van der Waals surface area contributed by atoms with Gasteiger partial charge >= 0.3 is 5.97 Å². The Morgan fingerprint density at radius 3 is 2.28 bits per heavy atom. The molecule has 1 N–H and O–H groups in total. The lowest BCUT2D eigenvalue weighted by Gasteiger charge is -2.10. The van der Waals surface area contributed by atoms with Crippen LogP contribution in [0.5, 0.6) is 5.75 Å². The first-order valence-electron chi connectivity index (χ1n) is 8.99. The van der Waals surface area contributed by atoms with E-state index < -0.39 is 5.97 Å². The van der Waals surface area contributed by atoms with E-state index in [1.165, 1.54) is 0 Å². The van der Waals surface area contributed by atoms with E-state index in [2.05, 4.69) is 0 Å². The topological polar surface area (TPSA) is 51.5 Å². The van der Waals surface area contributed by atoms with Gasteiger partial charge in [0.2, 0.25) is 0 Å². The summed E-state index contributed by atoms with van der Waals surface area (Å²) in [4.78, 5) is 12.2. The van der Waals surface area contributed by atoms with Crippen LogP contribution < -0.4 is 4.74 Å². The number of hydrogen-bond donors (Lipinski definition) is 1. The molecule has 0 radical (unpaired) electrons. The largest absolute Gasteiger partial charge is 0.486 e. The minimum atomic E-state index is -1.06. The molecule has 0 atom stereocenters. The Labute approximate surface area is 177 Å². The molecule has 0 spiro atoms. The summed E-state index contributed by atoms with van der Waals surface area (Å²) in [5.41, 5.74) is 2.71. The quantitative estimate of drug-likeness (QED) is 0.395. The van der Waals surface area contributed by atoms with Crippen molar-refractivity contribution in [2.24, 2.45) is 0 Å². The van der Waals surface area contributed by atoms with Crippen LogP contribution in [0.15, 0.2) is 72.8 Å². The predicted molar refractivity (Wildman–Crippen MR) is 115 cm³/mol. The molecule has 0 aliphatic heterocycles. The average Bonchev–Trinajstić information content (AvgIpc) is 3.01. The molecule has 29 heavy (non-hydrogen) atoms. The molecule has 0 aliphatic carbocycles. The van der Waals surface area contributed by atoms with E-state index >= 15 is 0 Å². The Bertz CT molecular complexity index is 1170. The van der Waals surface area contributed by atoms with Gasteiger partial charge in [-0.15, -0.1) is 0 Å². The van der Waals surface area contributed by atoms with Gasteiger partial charge in [-0.1, -0.05) is 65.7 Å². The summed E-state index contributed by atoms with van der Waals surface area (Å²) in [6.07, 6.45) is 0. The third kappa shape index (κ3) is 4.09. The van der Waals surface area contributed by atoms with Crippen molar-refractivity contribution < 1.29 is 14.6 Å². The van der Waals surface area contributed by atoms with Gasteiger partial charge in [0, 0.05) is 22.0 Å². The lowest BCUT2D eigenvalue weighted by Crippen LogP contribution is -2.11. The second kappa shape index (κ2) is 8.19. The number of fused-ring (bicyclic) bond motifs is 1. The maximum absolute atomic E-state index is 12.2. The first kappa shape index (κ1) is 19.4. The highest BCUT2D eigenvalue weighted by atomic mass is 35.5. The van der Waals surface area contributed by atoms with E-state index in [9.17, 15) is 9.90 Å². The zero-order chi connectivity index (χ0) is 20.4. The average molecular weight is 426 g/mol. The van der Waals surface area contributed by atoms with Crippen LogP contribution >= 0.6 is 23.2 Å². The highest BCUT2D eigenvalue weighted by Crippen LogP contribution is 2.36. The molecule has 146 valence electrons. The standard InChI is InChI=1S/C23H17Cl2NO3/c24-17-8-6-15(7-9-17)13-26-20-11-10-18(25)12-19(20)22(21(26)23(27)28)29-14-16-4-2-1-3-5-16/h1-12H,13-14H2,(H,27,28). The van der Waals surface area contributed by atoms with Crippen molar-refractivity contribution in [2.45, 2.75) is 13.2 Å². The van der Waals surface area contributed by atoms with E-state index in [4.69, 9.17) is 27.9 Å². The molecule has 0 fully saturated rings. The number of ether oxygens (including phenoxy) is 1. The summed E-state index contributed by atoms with van der Waals surface area (Å²) in [5, 5.41) is 11.8. The lowest BCUT2D eigenvalue weighted by molar-refractivity contribution is 0.0681. The molecule has 6 heteroatoms. The number of carbonyl (C=O) groups is 1. The fraction of sp³-hybridized carbons (Fsp3) is 0.0870. The summed E-state index contributed by atoms with van der Waals surface area (Å²) in [6, 6.07) is 22.2. The summed E-state index contributed by atoms with van der Waals surface area (Å²) in [6.45, 7) is 0.624. The van der Waals surface area contributed by atoms with Crippen molar-refractivity contribution in [3.05, 3.63) is 99.7 Å². The van der Waals surface area contributed by atoms with E-state index in [1.807, 2.05) is 48.5 Å². The zero-order valence-electron chi connectivity index (χ0n) is 15.3. The molecule has 1 heterocycles. The van der Waals surface area contributed by atoms with E-state index in [0.717, 1.165) is 16.6 Å². The van der Waals surface area contributed by atoms with Gasteiger partial charge in [-0.25, -0.2) is 4.79 Å². The van der Waals surface area contributed by atoms with Crippen LogP contribution in [-0.2, 0) is 13.2 Å². The van der Waals surface area contributed by atoms with Crippen LogP contribution in [0.4, 0.5) is 0 Å². The first-order valence-corrected chi connectivity index (χ1v) is 9.75. The molecule has 4 nitrogen and oxygen atoms in total. The zero-order valence-corrected chi connectivity index (χ0v) is 16.8. The molecular weight excluding hydrogens is 409 g/mol. The second-order valence-corrected chi connectivity index (χ2v) is 7.50. The Morgan fingerprint density at radius 2 is 1.59 bits per heavy atom. The van der Waals surface area contributed by atoms with Crippen molar-refractivity contribution in [3.63, 3.8) is 0 Å². The molecule has 0 unspecified atom stereocenters. The van der Waals surface area contributed by atoms with Crippen molar-refractivity contribution in [1.82, 2.24) is 4.57 Å². The first-order chi connectivity index (χ1) is 14.0. The minimum Gasteiger partial charge on any atom is -0.486 e. The monoisotopic (exact) mass is 425 g/mol. The summed E-state index contributed by atoms with van der Waals surface area (Å²) < 4.78 is 7.74. The SMILES string of the molecule is O=C(O)c1c(OCc2ccccc2)c2cc(Cl)ccc2n1Cc1ccc(Cl)cc1. The number of benzene rings is 3. The molecule has 0 saturated carbocycles. The molecule has 4 rings (SSSR count). The Balaban J connectivity index is 1.82. The van der Waals surface area contributed by atoms with Crippen LogP contribution in [-0.4, -0.2) is 15.6 Å². The predicted octanol–water partition coefficient (Wildman–Crippen LogP) is 6.27. The molecule has 0 bridgehead atoms. The molecule has 0 amide bonds. The number of rotatable bonds is 6. The minimum absolute atomic E-state index is 0.0909. The molecule has 1 aromatic heterocycles. The number of aromatic nitrogens is 1. The van der Waals surface area contributed by atoms with Gasteiger partial charge in [-0.2, -0.15) is 0 Å². The fourth-order valence-corrected chi connectivity index (χ4v) is 3.62. The maximum atomic E-state index is 12.2. The van der Waals surface area contributed by atoms with Crippen LogP contribution in [0.2, 0.25) is 10.0 Å². The third-order valence-electron chi connectivity index (χ3n) is 4.66. The van der Waals surface area contributed by atoms with Gasteiger partial charge in [-0.3, -0.25) is 0 Å². The highest BCUT2D eigenvalue weighted by Gasteiger charge is 2.24. The third-order valence-corrected chi connectivity index (χ3v) is 5.15. The molecular formula is C23H17Cl2NO3. The lowest BCUT2D eigenvalue weighted by atomic mass is 10.2. The maximum Gasteiger partial charge on any atom is 0.356 e. The molecule has 0 aliphatic rings. The molecule has 0 saturated heterocycles. The van der Waals surface area contributed by atoms with Crippen molar-refractivity contribution >= 4 is 40.1 Å². The fourth-order valence-electron chi connectivity index (χ4n) is 3.32. The number of carboxylic acid groups (broad SMARTS) is 1. The van der Waals surface area contributed by atoms with Gasteiger partial charge in [0.1, 0.15) is 6.61 Å². The number of nitrogens with zero attached hydrogens (tertiary/aromatic N) is 1. The van der Waals surface area contributed by atoms with Crippen molar-refractivity contribution in [1.29, 1.82) is 0 Å². The van der Waals surface area contributed by atoms with Gasteiger partial charge in [0.25, 0.3) is 0 Å².